The van der Waals surface area contributed by atoms with Crippen LogP contribution in [0.2, 0.25) is 0 Å². The number of ketones is 1. The molecule has 1 aromatic heterocycles. The van der Waals surface area contributed by atoms with Crippen molar-refractivity contribution in [2.75, 3.05) is 0 Å². The molecule has 0 bridgehead atoms. The van der Waals surface area contributed by atoms with Gasteiger partial charge in [-0.3, -0.25) is 4.79 Å². The molecule has 0 aliphatic rings. The fourth-order valence-corrected chi connectivity index (χ4v) is 2.31. The number of hydrogen-bond donors (Lipinski definition) is 0. The van der Waals surface area contributed by atoms with Crippen LogP contribution < -0.4 is 0 Å². The van der Waals surface area contributed by atoms with E-state index in [-0.39, 0.29) is 16.9 Å². The monoisotopic (exact) mass is 265 g/mol. The number of carbonyl (C=O) groups excluding carboxylic acids is 1. The van der Waals surface area contributed by atoms with E-state index in [0.29, 0.717) is 10.7 Å². The Morgan fingerprint density at radius 3 is 2.61 bits per heavy atom. The maximum atomic E-state index is 12.8. The summed E-state index contributed by atoms with van der Waals surface area (Å²) in [5.74, 6) is -0.400. The lowest BCUT2D eigenvalue weighted by Crippen LogP contribution is -2.14. The van der Waals surface area contributed by atoms with Crippen molar-refractivity contribution in [3.05, 3.63) is 42.0 Å². The number of rotatable bonds is 4. The van der Waals surface area contributed by atoms with Crippen LogP contribution in [0.15, 0.2) is 35.7 Å². The first kappa shape index (κ1) is 12.8. The molecule has 1 atom stereocenters. The summed E-state index contributed by atoms with van der Waals surface area (Å²) >= 11 is 1.33. The van der Waals surface area contributed by atoms with E-state index in [1.54, 1.807) is 17.8 Å². The third kappa shape index (κ3) is 2.76. The lowest BCUT2D eigenvalue weighted by molar-refractivity contribution is 0.0994. The Morgan fingerprint density at radius 2 is 2.06 bits per heavy atom. The van der Waals surface area contributed by atoms with Crippen molar-refractivity contribution in [2.45, 2.75) is 17.3 Å². The van der Waals surface area contributed by atoms with Gasteiger partial charge >= 0.3 is 0 Å². The minimum atomic E-state index is -0.347. The Balaban J connectivity index is 2.09. The van der Waals surface area contributed by atoms with E-state index in [1.807, 2.05) is 7.05 Å². The van der Waals surface area contributed by atoms with Crippen LogP contribution in [0.25, 0.3) is 0 Å². The van der Waals surface area contributed by atoms with Gasteiger partial charge in [0.05, 0.1) is 5.25 Å². The van der Waals surface area contributed by atoms with Crippen molar-refractivity contribution in [3.63, 3.8) is 0 Å². The molecule has 18 heavy (non-hydrogen) atoms. The van der Waals surface area contributed by atoms with E-state index < -0.39 is 0 Å². The predicted octanol–water partition coefficient (Wildman–Crippen LogP) is 2.32. The van der Waals surface area contributed by atoms with Gasteiger partial charge in [-0.25, -0.2) is 4.39 Å². The lowest BCUT2D eigenvalue weighted by atomic mass is 10.1. The first-order chi connectivity index (χ1) is 8.58. The fourth-order valence-electron chi connectivity index (χ4n) is 1.44. The van der Waals surface area contributed by atoms with Crippen molar-refractivity contribution < 1.29 is 9.18 Å². The summed E-state index contributed by atoms with van der Waals surface area (Å²) in [6, 6.07) is 5.55. The Kier molecular flexibility index (Phi) is 3.76. The smallest absolute Gasteiger partial charge is 0.191 e. The Morgan fingerprint density at radius 1 is 1.39 bits per heavy atom. The Labute approximate surface area is 108 Å². The van der Waals surface area contributed by atoms with Gasteiger partial charge in [0.2, 0.25) is 0 Å². The largest absolute Gasteiger partial charge is 0.312 e. The van der Waals surface area contributed by atoms with Gasteiger partial charge in [0.1, 0.15) is 12.1 Å². The molecule has 0 fully saturated rings. The molecule has 4 nitrogen and oxygen atoms in total. The van der Waals surface area contributed by atoms with Crippen LogP contribution in [-0.4, -0.2) is 25.8 Å². The van der Waals surface area contributed by atoms with Gasteiger partial charge in [-0.15, -0.1) is 10.2 Å². The summed E-state index contributed by atoms with van der Waals surface area (Å²) in [6.45, 7) is 1.80. The molecule has 2 rings (SSSR count). The van der Waals surface area contributed by atoms with Gasteiger partial charge in [0, 0.05) is 12.6 Å². The van der Waals surface area contributed by atoms with E-state index in [4.69, 9.17) is 0 Å². The molecule has 2 aromatic rings. The van der Waals surface area contributed by atoms with E-state index in [2.05, 4.69) is 10.2 Å². The highest BCUT2D eigenvalue weighted by atomic mass is 32.2. The second-order valence-corrected chi connectivity index (χ2v) is 5.16. The van der Waals surface area contributed by atoms with E-state index in [0.717, 1.165) is 0 Å². The number of thioether (sulfide) groups is 1. The third-order valence-corrected chi connectivity index (χ3v) is 3.60. The van der Waals surface area contributed by atoms with Gasteiger partial charge in [-0.05, 0) is 31.2 Å². The number of nitrogens with zero attached hydrogens (tertiary/aromatic N) is 3. The number of aryl methyl sites for hydroxylation is 1. The van der Waals surface area contributed by atoms with Crippen LogP contribution in [0, 0.1) is 5.82 Å². The van der Waals surface area contributed by atoms with Crippen LogP contribution in [-0.2, 0) is 7.05 Å². The maximum Gasteiger partial charge on any atom is 0.191 e. The van der Waals surface area contributed by atoms with Gasteiger partial charge in [-0.2, -0.15) is 0 Å². The zero-order chi connectivity index (χ0) is 13.1. The number of benzene rings is 1. The summed E-state index contributed by atoms with van der Waals surface area (Å²) in [7, 11) is 1.82. The fraction of sp³-hybridized carbons (Fsp3) is 0.250. The topological polar surface area (TPSA) is 47.8 Å². The van der Waals surface area contributed by atoms with Crippen molar-refractivity contribution in [2.24, 2.45) is 7.05 Å². The molecular formula is C12H12FN3OS. The van der Waals surface area contributed by atoms with E-state index >= 15 is 0 Å². The minimum absolute atomic E-state index is 0.0528. The SMILES string of the molecule is CC(Sc1nncn1C)C(=O)c1ccc(F)cc1. The average molecular weight is 265 g/mol. The zero-order valence-corrected chi connectivity index (χ0v) is 10.8. The molecule has 6 heteroatoms. The summed E-state index contributed by atoms with van der Waals surface area (Å²) in [5.41, 5.74) is 0.499. The van der Waals surface area contributed by atoms with Gasteiger partial charge in [0.25, 0.3) is 0 Å². The molecule has 0 N–H and O–H groups in total. The highest BCUT2D eigenvalue weighted by Gasteiger charge is 2.18. The van der Waals surface area contributed by atoms with Gasteiger partial charge in [0.15, 0.2) is 10.9 Å². The molecular weight excluding hydrogens is 253 g/mol. The minimum Gasteiger partial charge on any atom is -0.312 e. The average Bonchev–Trinajstić information content (AvgIpc) is 2.75. The molecule has 1 heterocycles. The van der Waals surface area contributed by atoms with Crippen LogP contribution in [0.1, 0.15) is 17.3 Å². The Bertz CT molecular complexity index is 553. The highest BCUT2D eigenvalue weighted by Crippen LogP contribution is 2.23. The molecule has 94 valence electrons. The van der Waals surface area contributed by atoms with Gasteiger partial charge in [-0.1, -0.05) is 11.8 Å². The van der Waals surface area contributed by atoms with Crippen LogP contribution in [0.3, 0.4) is 0 Å². The zero-order valence-electron chi connectivity index (χ0n) is 10.0. The molecule has 1 aromatic carbocycles. The summed E-state index contributed by atoms with van der Waals surface area (Å²) in [5, 5.41) is 8.04. The second kappa shape index (κ2) is 5.30. The van der Waals surface area contributed by atoms with Crippen molar-refractivity contribution >= 4 is 17.5 Å². The summed E-state index contributed by atoms with van der Waals surface area (Å²) in [4.78, 5) is 12.1. The number of halogens is 1. The Hall–Kier alpha value is -1.69. The molecule has 0 aliphatic carbocycles. The third-order valence-electron chi connectivity index (χ3n) is 2.45. The van der Waals surface area contributed by atoms with Crippen LogP contribution in [0.4, 0.5) is 4.39 Å². The number of Topliss-reactive ketones (excluding diaryl/α,β-unsaturated/α-hetero) is 1. The van der Waals surface area contributed by atoms with Crippen molar-refractivity contribution in [3.8, 4) is 0 Å². The first-order valence-corrected chi connectivity index (χ1v) is 6.26. The van der Waals surface area contributed by atoms with E-state index in [9.17, 15) is 9.18 Å². The van der Waals surface area contributed by atoms with Gasteiger partial charge < -0.3 is 4.57 Å². The van der Waals surface area contributed by atoms with Crippen molar-refractivity contribution in [1.29, 1.82) is 0 Å². The predicted molar refractivity (Wildman–Crippen MR) is 67.1 cm³/mol. The summed E-state index contributed by atoms with van der Waals surface area (Å²) < 4.78 is 14.5. The highest BCUT2D eigenvalue weighted by molar-refractivity contribution is 8.00. The molecule has 0 saturated carbocycles. The number of hydrogen-bond acceptors (Lipinski definition) is 4. The van der Waals surface area contributed by atoms with Crippen LogP contribution >= 0.6 is 11.8 Å². The second-order valence-electron chi connectivity index (χ2n) is 3.86. The number of carbonyl (C=O) groups is 1. The van der Waals surface area contributed by atoms with E-state index in [1.165, 1.54) is 36.0 Å². The molecule has 1 unspecified atom stereocenters. The number of aromatic nitrogens is 3. The maximum absolute atomic E-state index is 12.8. The molecule has 0 aliphatic heterocycles. The molecule has 0 saturated heterocycles. The lowest BCUT2D eigenvalue weighted by Gasteiger charge is -2.09. The quantitative estimate of drug-likeness (QED) is 0.628. The van der Waals surface area contributed by atoms with Crippen LogP contribution in [0.5, 0.6) is 0 Å². The first-order valence-electron chi connectivity index (χ1n) is 5.38. The standard InChI is InChI=1S/C12H12FN3OS/c1-8(18-12-15-14-7-16(12)2)11(17)9-3-5-10(13)6-4-9/h3-8H,1-2H3. The normalized spacial score (nSPS) is 12.4. The summed E-state index contributed by atoms with van der Waals surface area (Å²) in [6.07, 6.45) is 1.58. The molecule has 0 spiro atoms. The molecule has 0 radical (unpaired) electrons. The van der Waals surface area contributed by atoms with Crippen molar-refractivity contribution in [1.82, 2.24) is 14.8 Å². The molecule has 0 amide bonds.